The number of hydrogen-bond acceptors (Lipinski definition) is 12. The summed E-state index contributed by atoms with van der Waals surface area (Å²) >= 11 is 0. The van der Waals surface area contributed by atoms with Crippen molar-refractivity contribution >= 4 is 36.8 Å². The molecule has 1 aliphatic rings. The maximum atomic E-state index is 16.4. The van der Waals surface area contributed by atoms with Crippen LogP contribution in [-0.4, -0.2) is 62.0 Å². The van der Waals surface area contributed by atoms with Crippen LogP contribution in [0.3, 0.4) is 0 Å². The molecule has 1 heterocycles. The lowest BCUT2D eigenvalue weighted by Crippen LogP contribution is -2.45. The van der Waals surface area contributed by atoms with E-state index in [2.05, 4.69) is 5.09 Å². The molecule has 4 aromatic rings. The highest BCUT2D eigenvalue weighted by Crippen LogP contribution is 2.52. The normalized spacial score (nSPS) is 19.4. The number of carbonyl (C=O) groups excluding carboxylic acids is 3. The van der Waals surface area contributed by atoms with Gasteiger partial charge in [-0.3, -0.25) is 9.32 Å². The van der Waals surface area contributed by atoms with Crippen LogP contribution in [0, 0.1) is 5.41 Å². The van der Waals surface area contributed by atoms with Gasteiger partial charge in [0.1, 0.15) is 37.7 Å². The third-order valence-corrected chi connectivity index (χ3v) is 9.48. The fraction of sp³-hybridized carbons (Fsp3) is 0.359. The largest absolute Gasteiger partial charge is 0.509 e. The molecular formula is C39H42F2NO12P. The molecule has 1 N–H and O–H groups in total. The van der Waals surface area contributed by atoms with Crippen LogP contribution in [0.5, 0.6) is 5.75 Å². The Balaban J connectivity index is 1.38. The minimum Gasteiger partial charge on any atom is -0.464 e. The SMILES string of the molecule is C[C@H](NP(=O)(Oc1cccc2ccccc12)OC1O[C@H](COC(=O)OCc2ccccc2)[C@@H](OC(=O)OCc2ccccc2)C1(F)F)C(=O)OCC(C)(C)C. The van der Waals surface area contributed by atoms with E-state index in [-0.39, 0.29) is 25.6 Å². The number of hydrogen-bond donors (Lipinski definition) is 1. The number of esters is 1. The molecule has 294 valence electrons. The standard InChI is InChI=1S/C39H42F2NO12P/c1-26(34(43)50-25-38(2,3)4)42-55(46,53-31-21-13-19-29-18-11-12-20-30(29)31)54-35-39(40,41)33(52-37(45)48-23-28-16-9-6-10-17-28)32(51-35)24-49-36(44)47-22-27-14-7-5-8-15-27/h5-21,26,32-33,35H,22-25H2,1-4H3,(H,42,46)/t26-,32+,33+,35?,55?/m0/s1. The molecular weight excluding hydrogens is 743 g/mol. The summed E-state index contributed by atoms with van der Waals surface area (Å²) in [5.41, 5.74) is 0.755. The van der Waals surface area contributed by atoms with Crippen LogP contribution in [-0.2, 0) is 55.5 Å². The Labute approximate surface area is 316 Å². The van der Waals surface area contributed by atoms with Crippen molar-refractivity contribution in [3.8, 4) is 5.75 Å². The first-order valence-electron chi connectivity index (χ1n) is 17.3. The Morgan fingerprint density at radius 1 is 0.800 bits per heavy atom. The summed E-state index contributed by atoms with van der Waals surface area (Å²) in [6.07, 6.45) is -9.88. The van der Waals surface area contributed by atoms with Crippen molar-refractivity contribution in [3.05, 3.63) is 114 Å². The molecule has 2 unspecified atom stereocenters. The minimum absolute atomic E-state index is 0.00808. The van der Waals surface area contributed by atoms with Gasteiger partial charge in [0.2, 0.25) is 12.4 Å². The molecule has 5 rings (SSSR count). The number of benzene rings is 4. The van der Waals surface area contributed by atoms with Crippen LogP contribution < -0.4 is 9.61 Å². The van der Waals surface area contributed by atoms with Gasteiger partial charge in [-0.2, -0.15) is 13.9 Å². The molecule has 0 radical (unpaired) electrons. The van der Waals surface area contributed by atoms with E-state index < -0.39 is 68.5 Å². The zero-order valence-electron chi connectivity index (χ0n) is 30.6. The average molecular weight is 786 g/mol. The second-order valence-electron chi connectivity index (χ2n) is 13.8. The highest BCUT2D eigenvalue weighted by atomic mass is 31.2. The van der Waals surface area contributed by atoms with E-state index in [0.717, 1.165) is 0 Å². The molecule has 4 aromatic carbocycles. The molecule has 0 aliphatic carbocycles. The number of nitrogens with one attached hydrogen (secondary N) is 1. The summed E-state index contributed by atoms with van der Waals surface area (Å²) in [7, 11) is -5.03. The molecule has 1 fully saturated rings. The lowest BCUT2D eigenvalue weighted by atomic mass is 9.99. The van der Waals surface area contributed by atoms with Crippen LogP contribution in [0.25, 0.3) is 10.8 Å². The maximum absolute atomic E-state index is 16.4. The first-order valence-corrected chi connectivity index (χ1v) is 18.8. The molecule has 1 aliphatic heterocycles. The van der Waals surface area contributed by atoms with Gasteiger partial charge in [-0.05, 0) is 34.9 Å². The number of ether oxygens (including phenoxy) is 6. The van der Waals surface area contributed by atoms with E-state index in [4.69, 9.17) is 37.5 Å². The van der Waals surface area contributed by atoms with Crippen molar-refractivity contribution < 1.29 is 65.2 Å². The molecule has 13 nitrogen and oxygen atoms in total. The second-order valence-corrected chi connectivity index (χ2v) is 15.4. The predicted molar refractivity (Wildman–Crippen MR) is 194 cm³/mol. The van der Waals surface area contributed by atoms with Gasteiger partial charge >= 0.3 is 31.9 Å². The van der Waals surface area contributed by atoms with Crippen LogP contribution >= 0.6 is 7.75 Å². The number of carbonyl (C=O) groups is 3. The smallest absolute Gasteiger partial charge is 0.464 e. The third-order valence-electron chi connectivity index (χ3n) is 7.87. The highest BCUT2D eigenvalue weighted by Gasteiger charge is 2.65. The summed E-state index contributed by atoms with van der Waals surface area (Å²) in [4.78, 5) is 38.2. The van der Waals surface area contributed by atoms with Gasteiger partial charge in [0, 0.05) is 5.39 Å². The average Bonchev–Trinajstić information content (AvgIpc) is 3.38. The van der Waals surface area contributed by atoms with E-state index in [1.807, 2.05) is 20.8 Å². The molecule has 0 spiro atoms. The molecule has 0 amide bonds. The quantitative estimate of drug-likeness (QED) is 0.0698. The van der Waals surface area contributed by atoms with Crippen LogP contribution in [0.15, 0.2) is 103 Å². The first kappa shape index (κ1) is 41.1. The molecule has 55 heavy (non-hydrogen) atoms. The Morgan fingerprint density at radius 3 is 2.02 bits per heavy atom. The highest BCUT2D eigenvalue weighted by molar-refractivity contribution is 7.52. The third kappa shape index (κ3) is 11.7. The van der Waals surface area contributed by atoms with E-state index in [9.17, 15) is 18.9 Å². The van der Waals surface area contributed by atoms with Crippen molar-refractivity contribution in [1.82, 2.24) is 5.09 Å². The zero-order chi connectivity index (χ0) is 39.6. The van der Waals surface area contributed by atoms with Gasteiger partial charge in [-0.1, -0.05) is 118 Å². The Hall–Kier alpha value is -5.08. The number of fused-ring (bicyclic) bond motifs is 1. The number of rotatable bonds is 15. The Kier molecular flexibility index (Phi) is 13.5. The lowest BCUT2D eigenvalue weighted by molar-refractivity contribution is -0.190. The minimum atomic E-state index is -5.03. The van der Waals surface area contributed by atoms with E-state index >= 15 is 8.78 Å². The van der Waals surface area contributed by atoms with Gasteiger partial charge in [0.05, 0.1) is 6.61 Å². The van der Waals surface area contributed by atoms with Gasteiger partial charge in [0.25, 0.3) is 0 Å². The van der Waals surface area contributed by atoms with E-state index in [1.54, 1.807) is 97.1 Å². The molecule has 0 bridgehead atoms. The van der Waals surface area contributed by atoms with Gasteiger partial charge < -0.3 is 32.9 Å². The molecule has 1 saturated heterocycles. The predicted octanol–water partition coefficient (Wildman–Crippen LogP) is 8.35. The monoisotopic (exact) mass is 785 g/mol. The summed E-state index contributed by atoms with van der Waals surface area (Å²) < 4.78 is 89.6. The Morgan fingerprint density at radius 2 is 1.38 bits per heavy atom. The summed E-state index contributed by atoms with van der Waals surface area (Å²) in [5.74, 6) is -5.19. The van der Waals surface area contributed by atoms with Crippen molar-refractivity contribution in [2.45, 2.75) is 71.4 Å². The van der Waals surface area contributed by atoms with Crippen molar-refractivity contribution in [2.75, 3.05) is 13.2 Å². The summed E-state index contributed by atoms with van der Waals surface area (Å²) in [5, 5.41) is 3.49. The van der Waals surface area contributed by atoms with Crippen molar-refractivity contribution in [2.24, 2.45) is 5.41 Å². The topological polar surface area (TPSA) is 154 Å². The molecule has 5 atom stereocenters. The lowest BCUT2D eigenvalue weighted by Gasteiger charge is -2.28. The molecule has 0 aromatic heterocycles. The maximum Gasteiger partial charge on any atom is 0.509 e. The van der Waals surface area contributed by atoms with Crippen LogP contribution in [0.2, 0.25) is 0 Å². The fourth-order valence-corrected chi connectivity index (χ4v) is 6.75. The number of alkyl halides is 2. The van der Waals surface area contributed by atoms with Crippen LogP contribution in [0.1, 0.15) is 38.8 Å². The molecule has 0 saturated carbocycles. The Bertz CT molecular complexity index is 1960. The molecule has 16 heteroatoms. The van der Waals surface area contributed by atoms with Gasteiger partial charge in [-0.15, -0.1) is 0 Å². The second kappa shape index (κ2) is 18.0. The van der Waals surface area contributed by atoms with Gasteiger partial charge in [-0.25, -0.2) is 14.2 Å². The summed E-state index contributed by atoms with van der Waals surface area (Å²) in [6, 6.07) is 27.2. The van der Waals surface area contributed by atoms with E-state index in [1.165, 1.54) is 13.0 Å². The number of halogens is 2. The van der Waals surface area contributed by atoms with Gasteiger partial charge in [0.15, 0.2) is 0 Å². The van der Waals surface area contributed by atoms with Crippen LogP contribution in [0.4, 0.5) is 18.4 Å². The van der Waals surface area contributed by atoms with E-state index in [0.29, 0.717) is 21.9 Å². The fourth-order valence-electron chi connectivity index (χ4n) is 5.15. The van der Waals surface area contributed by atoms with Crippen molar-refractivity contribution in [1.29, 1.82) is 0 Å². The summed E-state index contributed by atoms with van der Waals surface area (Å²) in [6.45, 7) is 5.34. The zero-order valence-corrected chi connectivity index (χ0v) is 31.4. The van der Waals surface area contributed by atoms with Crippen molar-refractivity contribution in [3.63, 3.8) is 0 Å². The first-order chi connectivity index (χ1) is 26.1.